The molecule has 1 unspecified atom stereocenters. The van der Waals surface area contributed by atoms with E-state index >= 15 is 0 Å². The molecule has 1 atom stereocenters. The van der Waals surface area contributed by atoms with Crippen LogP contribution < -0.4 is 5.73 Å². The molecular formula is C15H23N5. The molecule has 0 saturated carbocycles. The largest absolute Gasteiger partial charge is 0.399 e. The first kappa shape index (κ1) is 13.4. The summed E-state index contributed by atoms with van der Waals surface area (Å²) >= 11 is 0. The highest BCUT2D eigenvalue weighted by Gasteiger charge is 2.26. The molecule has 3 heterocycles. The van der Waals surface area contributed by atoms with Crippen molar-refractivity contribution >= 4 is 11.3 Å². The molecule has 5 heteroatoms. The van der Waals surface area contributed by atoms with Crippen molar-refractivity contribution in [2.45, 2.75) is 51.6 Å². The zero-order chi connectivity index (χ0) is 14.1. The van der Waals surface area contributed by atoms with Crippen molar-refractivity contribution < 1.29 is 0 Å². The molecule has 2 aromatic heterocycles. The molecule has 1 aliphatic heterocycles. The Balaban J connectivity index is 1.84. The van der Waals surface area contributed by atoms with Crippen LogP contribution in [0.5, 0.6) is 0 Å². The van der Waals surface area contributed by atoms with E-state index in [9.17, 15) is 0 Å². The highest BCUT2D eigenvalue weighted by atomic mass is 15.3. The number of hydrogen-bond acceptors (Lipinski definition) is 4. The van der Waals surface area contributed by atoms with E-state index < -0.39 is 0 Å². The van der Waals surface area contributed by atoms with E-state index in [1.165, 1.54) is 25.8 Å². The van der Waals surface area contributed by atoms with Gasteiger partial charge in [0.15, 0.2) is 5.65 Å². The molecule has 1 fully saturated rings. The molecule has 0 aliphatic carbocycles. The van der Waals surface area contributed by atoms with Crippen molar-refractivity contribution in [2.75, 3.05) is 12.3 Å². The predicted molar refractivity (Wildman–Crippen MR) is 80.6 cm³/mol. The molecule has 108 valence electrons. The minimum absolute atomic E-state index is 0.578. The van der Waals surface area contributed by atoms with Gasteiger partial charge in [0.1, 0.15) is 5.82 Å². The van der Waals surface area contributed by atoms with Crippen LogP contribution >= 0.6 is 0 Å². The number of nitrogen functional groups attached to an aromatic ring is 1. The SMILES string of the molecule is CC(C)N1CCCCC1Cc1nnc2cc(N)ccn12. The molecule has 0 spiro atoms. The molecule has 2 aromatic rings. The molecule has 3 rings (SSSR count). The van der Waals surface area contributed by atoms with Crippen molar-refractivity contribution in [3.8, 4) is 0 Å². The Kier molecular flexibility index (Phi) is 3.61. The van der Waals surface area contributed by atoms with E-state index in [2.05, 4.69) is 33.3 Å². The molecule has 1 aliphatic rings. The fourth-order valence-electron chi connectivity index (χ4n) is 3.23. The topological polar surface area (TPSA) is 59.5 Å². The Bertz CT molecular complexity index is 589. The molecule has 1 saturated heterocycles. The summed E-state index contributed by atoms with van der Waals surface area (Å²) in [6.07, 6.45) is 6.82. The van der Waals surface area contributed by atoms with Gasteiger partial charge >= 0.3 is 0 Å². The van der Waals surface area contributed by atoms with Gasteiger partial charge in [0.05, 0.1) is 0 Å². The second-order valence-corrected chi connectivity index (χ2v) is 5.99. The summed E-state index contributed by atoms with van der Waals surface area (Å²) < 4.78 is 2.06. The Labute approximate surface area is 119 Å². The maximum atomic E-state index is 5.79. The van der Waals surface area contributed by atoms with E-state index in [0.717, 1.165) is 23.6 Å². The van der Waals surface area contributed by atoms with Crippen molar-refractivity contribution in [1.82, 2.24) is 19.5 Å². The standard InChI is InChI=1S/C15H23N5/c1-11(2)19-7-4-3-5-13(19)10-15-18-17-14-9-12(16)6-8-20(14)15/h6,8-9,11,13H,3-5,7,10,16H2,1-2H3. The fourth-order valence-corrected chi connectivity index (χ4v) is 3.23. The average Bonchev–Trinajstić information content (AvgIpc) is 2.81. The van der Waals surface area contributed by atoms with Gasteiger partial charge < -0.3 is 5.73 Å². The van der Waals surface area contributed by atoms with Gasteiger partial charge in [-0.3, -0.25) is 9.30 Å². The summed E-state index contributed by atoms with van der Waals surface area (Å²) in [6, 6.07) is 4.95. The third kappa shape index (κ3) is 2.50. The normalized spacial score (nSPS) is 20.9. The zero-order valence-electron chi connectivity index (χ0n) is 12.3. The van der Waals surface area contributed by atoms with Gasteiger partial charge in [-0.15, -0.1) is 10.2 Å². The maximum absolute atomic E-state index is 5.79. The summed E-state index contributed by atoms with van der Waals surface area (Å²) in [5, 5.41) is 8.58. The van der Waals surface area contributed by atoms with E-state index in [0.29, 0.717) is 12.1 Å². The lowest BCUT2D eigenvalue weighted by Gasteiger charge is -2.38. The molecule has 20 heavy (non-hydrogen) atoms. The van der Waals surface area contributed by atoms with Crippen LogP contribution in [0.1, 0.15) is 38.9 Å². The number of nitrogens with two attached hydrogens (primary N) is 1. The van der Waals surface area contributed by atoms with Crippen LogP contribution in [-0.2, 0) is 6.42 Å². The van der Waals surface area contributed by atoms with Gasteiger partial charge in [0, 0.05) is 36.5 Å². The van der Waals surface area contributed by atoms with Crippen LogP contribution in [0.3, 0.4) is 0 Å². The van der Waals surface area contributed by atoms with Crippen LogP contribution in [-0.4, -0.2) is 38.1 Å². The lowest BCUT2D eigenvalue weighted by molar-refractivity contribution is 0.110. The molecule has 0 amide bonds. The first-order valence-electron chi connectivity index (χ1n) is 7.50. The number of pyridine rings is 1. The van der Waals surface area contributed by atoms with Crippen LogP contribution in [0.15, 0.2) is 18.3 Å². The van der Waals surface area contributed by atoms with Crippen LogP contribution in [0.4, 0.5) is 5.69 Å². The lowest BCUT2D eigenvalue weighted by Crippen LogP contribution is -2.45. The van der Waals surface area contributed by atoms with Crippen LogP contribution in [0, 0.1) is 0 Å². The second kappa shape index (κ2) is 5.40. The zero-order valence-corrected chi connectivity index (χ0v) is 12.3. The summed E-state index contributed by atoms with van der Waals surface area (Å²) in [5.41, 5.74) is 7.36. The van der Waals surface area contributed by atoms with E-state index in [4.69, 9.17) is 5.73 Å². The molecule has 0 bridgehead atoms. The van der Waals surface area contributed by atoms with Gasteiger partial charge in [0.25, 0.3) is 0 Å². The van der Waals surface area contributed by atoms with Crippen LogP contribution in [0.2, 0.25) is 0 Å². The number of anilines is 1. The van der Waals surface area contributed by atoms with Crippen molar-refractivity contribution in [3.63, 3.8) is 0 Å². The van der Waals surface area contributed by atoms with Crippen molar-refractivity contribution in [1.29, 1.82) is 0 Å². The number of fused-ring (bicyclic) bond motifs is 1. The van der Waals surface area contributed by atoms with E-state index in [-0.39, 0.29) is 0 Å². The number of nitrogens with zero attached hydrogens (tertiary/aromatic N) is 4. The van der Waals surface area contributed by atoms with Gasteiger partial charge in [0.2, 0.25) is 0 Å². The van der Waals surface area contributed by atoms with Crippen LogP contribution in [0.25, 0.3) is 5.65 Å². The third-order valence-electron chi connectivity index (χ3n) is 4.26. The Hall–Kier alpha value is -1.62. The van der Waals surface area contributed by atoms with Gasteiger partial charge in [-0.05, 0) is 39.3 Å². The quantitative estimate of drug-likeness (QED) is 0.930. The summed E-state index contributed by atoms with van der Waals surface area (Å²) in [4.78, 5) is 2.60. The number of piperidine rings is 1. The molecule has 2 N–H and O–H groups in total. The van der Waals surface area contributed by atoms with E-state index in [1.54, 1.807) is 0 Å². The Morgan fingerprint density at radius 3 is 3.00 bits per heavy atom. The minimum Gasteiger partial charge on any atom is -0.399 e. The predicted octanol–water partition coefficient (Wildman–Crippen LogP) is 2.12. The first-order valence-corrected chi connectivity index (χ1v) is 7.50. The number of rotatable bonds is 3. The van der Waals surface area contributed by atoms with Gasteiger partial charge in [-0.25, -0.2) is 0 Å². The summed E-state index contributed by atoms with van der Waals surface area (Å²) in [5.74, 6) is 1.04. The second-order valence-electron chi connectivity index (χ2n) is 5.99. The fraction of sp³-hybridized carbons (Fsp3) is 0.600. The molecule has 0 aromatic carbocycles. The maximum Gasteiger partial charge on any atom is 0.162 e. The number of likely N-dealkylation sites (tertiary alicyclic amines) is 1. The summed E-state index contributed by atoms with van der Waals surface area (Å²) in [6.45, 7) is 5.76. The number of aromatic nitrogens is 3. The monoisotopic (exact) mass is 273 g/mol. The average molecular weight is 273 g/mol. The summed E-state index contributed by atoms with van der Waals surface area (Å²) in [7, 11) is 0. The Morgan fingerprint density at radius 2 is 2.20 bits per heavy atom. The lowest BCUT2D eigenvalue weighted by atomic mass is 9.97. The van der Waals surface area contributed by atoms with Gasteiger partial charge in [-0.2, -0.15) is 0 Å². The Morgan fingerprint density at radius 1 is 1.35 bits per heavy atom. The minimum atomic E-state index is 0.578. The van der Waals surface area contributed by atoms with Crippen molar-refractivity contribution in [3.05, 3.63) is 24.2 Å². The first-order chi connectivity index (χ1) is 9.65. The third-order valence-corrected chi connectivity index (χ3v) is 4.26. The molecule has 0 radical (unpaired) electrons. The smallest absolute Gasteiger partial charge is 0.162 e. The molecule has 5 nitrogen and oxygen atoms in total. The van der Waals surface area contributed by atoms with Crippen molar-refractivity contribution in [2.24, 2.45) is 0 Å². The number of hydrogen-bond donors (Lipinski definition) is 1. The van der Waals surface area contributed by atoms with E-state index in [1.807, 2.05) is 18.3 Å². The highest BCUT2D eigenvalue weighted by molar-refractivity contribution is 5.51. The highest BCUT2D eigenvalue weighted by Crippen LogP contribution is 2.22. The van der Waals surface area contributed by atoms with Gasteiger partial charge in [-0.1, -0.05) is 6.42 Å². The molecular weight excluding hydrogens is 250 g/mol.